The Morgan fingerprint density at radius 1 is 1.59 bits per heavy atom. The normalized spacial score (nSPS) is 20.6. The van der Waals surface area contributed by atoms with Gasteiger partial charge in [0.2, 0.25) is 5.82 Å². The lowest BCUT2D eigenvalue weighted by Crippen LogP contribution is -2.43. The van der Waals surface area contributed by atoms with Crippen LogP contribution >= 0.6 is 0 Å². The van der Waals surface area contributed by atoms with E-state index in [4.69, 9.17) is 5.73 Å². The SMILES string of the molecule is Cc1nn(C)c(N2CCCC(N)C2)c1[N+](=O)[O-]. The minimum atomic E-state index is -0.363. The molecule has 0 radical (unpaired) electrons. The number of piperidine rings is 1. The number of nitrogens with zero attached hydrogens (tertiary/aromatic N) is 4. The van der Waals surface area contributed by atoms with Gasteiger partial charge in [-0.1, -0.05) is 0 Å². The van der Waals surface area contributed by atoms with Crippen molar-refractivity contribution in [1.82, 2.24) is 9.78 Å². The smallest absolute Gasteiger partial charge is 0.333 e. The van der Waals surface area contributed by atoms with E-state index in [1.54, 1.807) is 18.7 Å². The van der Waals surface area contributed by atoms with Crippen LogP contribution in [0.25, 0.3) is 0 Å². The number of aromatic nitrogens is 2. The number of hydrogen-bond donors (Lipinski definition) is 1. The molecule has 1 aromatic heterocycles. The second kappa shape index (κ2) is 4.33. The monoisotopic (exact) mass is 239 g/mol. The first-order chi connectivity index (χ1) is 8.00. The van der Waals surface area contributed by atoms with E-state index < -0.39 is 0 Å². The summed E-state index contributed by atoms with van der Waals surface area (Å²) in [6.45, 7) is 3.11. The zero-order valence-corrected chi connectivity index (χ0v) is 10.1. The van der Waals surface area contributed by atoms with Gasteiger partial charge in [-0.25, -0.2) is 4.68 Å². The molecule has 17 heavy (non-hydrogen) atoms. The van der Waals surface area contributed by atoms with E-state index in [1.165, 1.54) is 0 Å². The van der Waals surface area contributed by atoms with Crippen molar-refractivity contribution in [3.63, 3.8) is 0 Å². The summed E-state index contributed by atoms with van der Waals surface area (Å²) in [4.78, 5) is 12.7. The van der Waals surface area contributed by atoms with Gasteiger partial charge >= 0.3 is 5.69 Å². The lowest BCUT2D eigenvalue weighted by molar-refractivity contribution is -0.384. The Bertz CT molecular complexity index is 442. The molecule has 2 rings (SSSR count). The van der Waals surface area contributed by atoms with E-state index >= 15 is 0 Å². The molecule has 2 N–H and O–H groups in total. The van der Waals surface area contributed by atoms with Crippen LogP contribution in [0.3, 0.4) is 0 Å². The Kier molecular flexibility index (Phi) is 3.01. The van der Waals surface area contributed by atoms with E-state index in [0.29, 0.717) is 18.1 Å². The molecule has 1 aliphatic heterocycles. The molecule has 2 heterocycles. The van der Waals surface area contributed by atoms with Gasteiger partial charge < -0.3 is 10.6 Å². The molecule has 0 bridgehead atoms. The molecule has 1 atom stereocenters. The standard InChI is InChI=1S/C10H17N5O2/c1-7-9(15(16)17)10(13(2)12-7)14-5-3-4-8(11)6-14/h8H,3-6,11H2,1-2H3. The van der Waals surface area contributed by atoms with Crippen molar-refractivity contribution in [2.24, 2.45) is 12.8 Å². The van der Waals surface area contributed by atoms with Crippen molar-refractivity contribution in [1.29, 1.82) is 0 Å². The van der Waals surface area contributed by atoms with Crippen LogP contribution in [0.2, 0.25) is 0 Å². The molecule has 0 aromatic carbocycles. The number of nitrogens with two attached hydrogens (primary N) is 1. The third kappa shape index (κ3) is 2.10. The predicted molar refractivity (Wildman–Crippen MR) is 64.0 cm³/mol. The Morgan fingerprint density at radius 3 is 2.88 bits per heavy atom. The molecule has 1 fully saturated rings. The zero-order valence-electron chi connectivity index (χ0n) is 10.1. The summed E-state index contributed by atoms with van der Waals surface area (Å²) < 4.78 is 1.57. The largest absolute Gasteiger partial charge is 0.350 e. The zero-order chi connectivity index (χ0) is 12.6. The molecule has 1 unspecified atom stereocenters. The lowest BCUT2D eigenvalue weighted by atomic mass is 10.1. The summed E-state index contributed by atoms with van der Waals surface area (Å²) in [5.41, 5.74) is 6.45. The second-order valence-corrected chi connectivity index (χ2v) is 4.49. The topological polar surface area (TPSA) is 90.2 Å². The van der Waals surface area contributed by atoms with Gasteiger partial charge in [-0.3, -0.25) is 10.1 Å². The van der Waals surface area contributed by atoms with Crippen LogP contribution in [-0.2, 0) is 7.05 Å². The molecule has 0 amide bonds. The average molecular weight is 239 g/mol. The first-order valence-corrected chi connectivity index (χ1v) is 5.69. The molecule has 1 aliphatic rings. The number of aryl methyl sites for hydroxylation is 2. The molecule has 0 saturated carbocycles. The van der Waals surface area contributed by atoms with Gasteiger partial charge in [0, 0.05) is 26.2 Å². The van der Waals surface area contributed by atoms with E-state index in [1.807, 2.05) is 4.90 Å². The van der Waals surface area contributed by atoms with Gasteiger partial charge in [0.15, 0.2) is 0 Å². The molecule has 0 aliphatic carbocycles. The van der Waals surface area contributed by atoms with Crippen LogP contribution in [0.4, 0.5) is 11.5 Å². The third-order valence-electron chi connectivity index (χ3n) is 3.10. The molecule has 1 aromatic rings. The highest BCUT2D eigenvalue weighted by Crippen LogP contribution is 2.32. The van der Waals surface area contributed by atoms with Crippen molar-refractivity contribution in [3.8, 4) is 0 Å². The van der Waals surface area contributed by atoms with Crippen molar-refractivity contribution < 1.29 is 4.92 Å². The van der Waals surface area contributed by atoms with Crippen LogP contribution in [0.5, 0.6) is 0 Å². The highest BCUT2D eigenvalue weighted by Gasteiger charge is 2.30. The molecule has 0 spiro atoms. The molecular weight excluding hydrogens is 222 g/mol. The molecule has 7 heteroatoms. The summed E-state index contributed by atoms with van der Waals surface area (Å²) >= 11 is 0. The number of anilines is 1. The first kappa shape index (κ1) is 11.8. The van der Waals surface area contributed by atoms with Gasteiger partial charge in [-0.15, -0.1) is 0 Å². The predicted octanol–water partition coefficient (Wildman–Crippen LogP) is 0.564. The van der Waals surface area contributed by atoms with Crippen LogP contribution < -0.4 is 10.6 Å². The fourth-order valence-corrected chi connectivity index (χ4v) is 2.41. The lowest BCUT2D eigenvalue weighted by Gasteiger charge is -2.31. The van der Waals surface area contributed by atoms with Crippen LogP contribution in [0.15, 0.2) is 0 Å². The van der Waals surface area contributed by atoms with Gasteiger partial charge in [0.05, 0.1) is 4.92 Å². The van der Waals surface area contributed by atoms with E-state index in [0.717, 1.165) is 19.4 Å². The highest BCUT2D eigenvalue weighted by atomic mass is 16.6. The van der Waals surface area contributed by atoms with Crippen molar-refractivity contribution >= 4 is 11.5 Å². The third-order valence-corrected chi connectivity index (χ3v) is 3.10. The Labute approximate surface area is 99.3 Å². The molecular formula is C10H17N5O2. The average Bonchev–Trinajstić information content (AvgIpc) is 2.53. The quantitative estimate of drug-likeness (QED) is 0.601. The van der Waals surface area contributed by atoms with Crippen molar-refractivity contribution in [3.05, 3.63) is 15.8 Å². The minimum Gasteiger partial charge on any atom is -0.350 e. The van der Waals surface area contributed by atoms with Gasteiger partial charge in [0.1, 0.15) is 5.69 Å². The van der Waals surface area contributed by atoms with Crippen molar-refractivity contribution in [2.75, 3.05) is 18.0 Å². The Morgan fingerprint density at radius 2 is 2.29 bits per heavy atom. The van der Waals surface area contributed by atoms with Gasteiger partial charge in [-0.05, 0) is 19.8 Å². The van der Waals surface area contributed by atoms with Crippen LogP contribution in [0, 0.1) is 17.0 Å². The summed E-state index contributed by atoms with van der Waals surface area (Å²) in [7, 11) is 1.73. The first-order valence-electron chi connectivity index (χ1n) is 5.69. The summed E-state index contributed by atoms with van der Waals surface area (Å²) in [5.74, 6) is 0.572. The molecule has 1 saturated heterocycles. The molecule has 94 valence electrons. The van der Waals surface area contributed by atoms with E-state index in [2.05, 4.69) is 5.10 Å². The Balaban J connectivity index is 2.40. The maximum Gasteiger partial charge on any atom is 0.333 e. The maximum atomic E-state index is 11.1. The summed E-state index contributed by atoms with van der Waals surface area (Å²) in [6, 6.07) is 0.0820. The summed E-state index contributed by atoms with van der Waals surface area (Å²) in [6.07, 6.45) is 1.93. The van der Waals surface area contributed by atoms with Crippen LogP contribution in [-0.4, -0.2) is 33.8 Å². The van der Waals surface area contributed by atoms with Gasteiger partial charge in [-0.2, -0.15) is 5.10 Å². The van der Waals surface area contributed by atoms with E-state index in [-0.39, 0.29) is 16.7 Å². The highest BCUT2D eigenvalue weighted by molar-refractivity contribution is 5.61. The second-order valence-electron chi connectivity index (χ2n) is 4.49. The fourth-order valence-electron chi connectivity index (χ4n) is 2.41. The van der Waals surface area contributed by atoms with Crippen LogP contribution in [0.1, 0.15) is 18.5 Å². The van der Waals surface area contributed by atoms with E-state index in [9.17, 15) is 10.1 Å². The maximum absolute atomic E-state index is 11.1. The number of hydrogen-bond acceptors (Lipinski definition) is 5. The molecule has 7 nitrogen and oxygen atoms in total. The fraction of sp³-hybridized carbons (Fsp3) is 0.700. The minimum absolute atomic E-state index is 0.0820. The number of nitro groups is 1. The number of rotatable bonds is 2. The summed E-state index contributed by atoms with van der Waals surface area (Å²) in [5, 5.41) is 15.2. The van der Waals surface area contributed by atoms with Gasteiger partial charge in [0.25, 0.3) is 0 Å². The Hall–Kier alpha value is -1.63. The van der Waals surface area contributed by atoms with Crippen molar-refractivity contribution in [2.45, 2.75) is 25.8 Å².